The summed E-state index contributed by atoms with van der Waals surface area (Å²) in [5, 5.41) is 6.31. The van der Waals surface area contributed by atoms with Crippen molar-refractivity contribution in [2.45, 2.75) is 45.4 Å². The maximum atomic E-state index is 12.1. The number of anilines is 1. The number of rotatable bonds is 6. The average molecular weight is 274 g/mol. The van der Waals surface area contributed by atoms with Crippen LogP contribution in [0.4, 0.5) is 5.69 Å². The van der Waals surface area contributed by atoms with Gasteiger partial charge in [0.1, 0.15) is 0 Å². The molecule has 0 radical (unpaired) electrons. The van der Waals surface area contributed by atoms with Gasteiger partial charge < -0.3 is 10.6 Å². The third-order valence-electron chi connectivity index (χ3n) is 3.96. The number of unbranched alkanes of at least 4 members (excludes halogenated alkanes) is 2. The Morgan fingerprint density at radius 1 is 1.30 bits per heavy atom. The van der Waals surface area contributed by atoms with E-state index in [0.717, 1.165) is 38.0 Å². The Balaban J connectivity index is 1.81. The number of piperidine rings is 1. The van der Waals surface area contributed by atoms with E-state index in [9.17, 15) is 4.79 Å². The summed E-state index contributed by atoms with van der Waals surface area (Å²) in [7, 11) is 0. The summed E-state index contributed by atoms with van der Waals surface area (Å²) in [5.41, 5.74) is 2.27. The van der Waals surface area contributed by atoms with Gasteiger partial charge in [-0.25, -0.2) is 0 Å². The number of carbonyl (C=O) groups is 1. The minimum Gasteiger partial charge on any atom is -0.326 e. The van der Waals surface area contributed by atoms with E-state index in [-0.39, 0.29) is 11.8 Å². The van der Waals surface area contributed by atoms with Crippen molar-refractivity contribution in [2.24, 2.45) is 5.92 Å². The van der Waals surface area contributed by atoms with Gasteiger partial charge in [0.15, 0.2) is 0 Å². The number of hydrogen-bond donors (Lipinski definition) is 2. The SMILES string of the molecule is CCCCCc1ccc(NC(=O)[C@@H]2CCCNC2)cc1. The number of amides is 1. The Morgan fingerprint density at radius 3 is 2.75 bits per heavy atom. The molecule has 1 aromatic carbocycles. The molecule has 1 fully saturated rings. The van der Waals surface area contributed by atoms with Gasteiger partial charge in [-0.15, -0.1) is 0 Å². The van der Waals surface area contributed by atoms with Crippen LogP contribution in [-0.2, 0) is 11.2 Å². The molecule has 2 N–H and O–H groups in total. The molecule has 3 nitrogen and oxygen atoms in total. The van der Waals surface area contributed by atoms with Crippen LogP contribution in [0.3, 0.4) is 0 Å². The lowest BCUT2D eigenvalue weighted by atomic mass is 9.98. The van der Waals surface area contributed by atoms with E-state index in [1.165, 1.54) is 24.8 Å². The summed E-state index contributed by atoms with van der Waals surface area (Å²) in [6.07, 6.45) is 7.00. The van der Waals surface area contributed by atoms with Crippen LogP contribution >= 0.6 is 0 Å². The molecule has 110 valence electrons. The van der Waals surface area contributed by atoms with Gasteiger partial charge in [-0.3, -0.25) is 4.79 Å². The molecule has 1 amide bonds. The molecule has 0 spiro atoms. The standard InChI is InChI=1S/C17H26N2O/c1-2-3-4-6-14-8-10-16(11-9-14)19-17(20)15-7-5-12-18-13-15/h8-11,15,18H,2-7,12-13H2,1H3,(H,19,20)/t15-/m1/s1. The zero-order chi connectivity index (χ0) is 14.2. The first kappa shape index (κ1) is 15.0. The predicted molar refractivity (Wildman–Crippen MR) is 83.9 cm³/mol. The zero-order valence-corrected chi connectivity index (χ0v) is 12.5. The van der Waals surface area contributed by atoms with Crippen LogP contribution in [0.2, 0.25) is 0 Å². The zero-order valence-electron chi connectivity index (χ0n) is 12.5. The number of carbonyl (C=O) groups excluding carboxylic acids is 1. The van der Waals surface area contributed by atoms with Crippen LogP contribution in [0, 0.1) is 5.92 Å². The molecule has 1 atom stereocenters. The molecule has 0 aliphatic carbocycles. The van der Waals surface area contributed by atoms with Gasteiger partial charge in [-0.1, -0.05) is 31.9 Å². The molecule has 3 heteroatoms. The second kappa shape index (κ2) is 8.05. The van der Waals surface area contributed by atoms with Gasteiger partial charge in [0.25, 0.3) is 0 Å². The first-order valence-electron chi connectivity index (χ1n) is 7.90. The molecule has 1 aromatic rings. The predicted octanol–water partition coefficient (Wildman–Crippen LogP) is 3.36. The molecule has 0 saturated carbocycles. The molecule has 0 unspecified atom stereocenters. The van der Waals surface area contributed by atoms with Crippen LogP contribution in [0.25, 0.3) is 0 Å². The number of nitrogens with one attached hydrogen (secondary N) is 2. The third-order valence-corrected chi connectivity index (χ3v) is 3.96. The lowest BCUT2D eigenvalue weighted by molar-refractivity contribution is -0.120. The minimum atomic E-state index is 0.119. The van der Waals surface area contributed by atoms with E-state index in [1.807, 2.05) is 12.1 Å². The fraction of sp³-hybridized carbons (Fsp3) is 0.588. The Hall–Kier alpha value is -1.35. The van der Waals surface area contributed by atoms with E-state index in [0.29, 0.717) is 0 Å². The first-order chi connectivity index (χ1) is 9.79. The van der Waals surface area contributed by atoms with Crippen molar-refractivity contribution in [1.82, 2.24) is 5.32 Å². The van der Waals surface area contributed by atoms with E-state index in [4.69, 9.17) is 0 Å². The number of hydrogen-bond acceptors (Lipinski definition) is 2. The molecule has 20 heavy (non-hydrogen) atoms. The molecule has 1 heterocycles. The lowest BCUT2D eigenvalue weighted by Gasteiger charge is -2.21. The van der Waals surface area contributed by atoms with Crippen molar-refractivity contribution in [1.29, 1.82) is 0 Å². The molecule has 1 saturated heterocycles. The van der Waals surface area contributed by atoms with Gasteiger partial charge >= 0.3 is 0 Å². The third kappa shape index (κ3) is 4.64. The lowest BCUT2D eigenvalue weighted by Crippen LogP contribution is -2.37. The fourth-order valence-electron chi connectivity index (χ4n) is 2.65. The maximum Gasteiger partial charge on any atom is 0.228 e. The molecular formula is C17H26N2O. The van der Waals surface area contributed by atoms with Crippen LogP contribution in [0.15, 0.2) is 24.3 Å². The summed E-state index contributed by atoms with van der Waals surface area (Å²) in [6, 6.07) is 8.31. The summed E-state index contributed by atoms with van der Waals surface area (Å²) in [6.45, 7) is 4.07. The highest BCUT2D eigenvalue weighted by molar-refractivity contribution is 5.92. The fourth-order valence-corrected chi connectivity index (χ4v) is 2.65. The van der Waals surface area contributed by atoms with E-state index in [1.54, 1.807) is 0 Å². The highest BCUT2D eigenvalue weighted by Gasteiger charge is 2.20. The van der Waals surface area contributed by atoms with Crippen LogP contribution in [0.5, 0.6) is 0 Å². The molecule has 2 rings (SSSR count). The molecular weight excluding hydrogens is 248 g/mol. The second-order valence-corrected chi connectivity index (χ2v) is 5.69. The van der Waals surface area contributed by atoms with Gasteiger partial charge in [0.05, 0.1) is 5.92 Å². The maximum absolute atomic E-state index is 12.1. The summed E-state index contributed by atoms with van der Waals surface area (Å²) >= 11 is 0. The second-order valence-electron chi connectivity index (χ2n) is 5.69. The molecule has 1 aliphatic rings. The monoisotopic (exact) mass is 274 g/mol. The first-order valence-corrected chi connectivity index (χ1v) is 7.90. The molecule has 0 aromatic heterocycles. The van der Waals surface area contributed by atoms with Crippen molar-refractivity contribution in [3.63, 3.8) is 0 Å². The number of aryl methyl sites for hydroxylation is 1. The highest BCUT2D eigenvalue weighted by Crippen LogP contribution is 2.16. The van der Waals surface area contributed by atoms with Crippen molar-refractivity contribution in [3.05, 3.63) is 29.8 Å². The molecule has 1 aliphatic heterocycles. The summed E-state index contributed by atoms with van der Waals surface area (Å²) in [5.74, 6) is 0.268. The Bertz CT molecular complexity index is 408. The Kier molecular flexibility index (Phi) is 6.06. The van der Waals surface area contributed by atoms with Crippen molar-refractivity contribution in [2.75, 3.05) is 18.4 Å². The Labute approximate surface area is 122 Å². The van der Waals surface area contributed by atoms with Gasteiger partial charge in [-0.2, -0.15) is 0 Å². The van der Waals surface area contributed by atoms with E-state index >= 15 is 0 Å². The van der Waals surface area contributed by atoms with Crippen LogP contribution in [0.1, 0.15) is 44.6 Å². The smallest absolute Gasteiger partial charge is 0.228 e. The van der Waals surface area contributed by atoms with Gasteiger partial charge in [0, 0.05) is 12.2 Å². The van der Waals surface area contributed by atoms with E-state index in [2.05, 4.69) is 29.7 Å². The Morgan fingerprint density at radius 2 is 2.10 bits per heavy atom. The average Bonchev–Trinajstić information content (AvgIpc) is 2.50. The normalized spacial score (nSPS) is 18.8. The van der Waals surface area contributed by atoms with Gasteiger partial charge in [0.2, 0.25) is 5.91 Å². The highest BCUT2D eigenvalue weighted by atomic mass is 16.1. The van der Waals surface area contributed by atoms with Crippen molar-refractivity contribution in [3.8, 4) is 0 Å². The largest absolute Gasteiger partial charge is 0.326 e. The molecule has 0 bridgehead atoms. The number of benzene rings is 1. The summed E-state index contributed by atoms with van der Waals surface area (Å²) < 4.78 is 0. The van der Waals surface area contributed by atoms with Crippen LogP contribution < -0.4 is 10.6 Å². The van der Waals surface area contributed by atoms with E-state index < -0.39 is 0 Å². The summed E-state index contributed by atoms with van der Waals surface area (Å²) in [4.78, 5) is 12.1. The quantitative estimate of drug-likeness (QED) is 0.781. The minimum absolute atomic E-state index is 0.119. The van der Waals surface area contributed by atoms with Crippen molar-refractivity contribution >= 4 is 11.6 Å². The van der Waals surface area contributed by atoms with Gasteiger partial charge in [-0.05, 0) is 49.9 Å². The van der Waals surface area contributed by atoms with Crippen molar-refractivity contribution < 1.29 is 4.79 Å². The topological polar surface area (TPSA) is 41.1 Å². The van der Waals surface area contributed by atoms with Crippen LogP contribution in [-0.4, -0.2) is 19.0 Å².